The summed E-state index contributed by atoms with van der Waals surface area (Å²) in [4.78, 5) is 14.0. The van der Waals surface area contributed by atoms with Crippen molar-refractivity contribution in [3.8, 4) is 0 Å². The summed E-state index contributed by atoms with van der Waals surface area (Å²) in [6.45, 7) is 0. The van der Waals surface area contributed by atoms with Gasteiger partial charge >= 0.3 is 0 Å². The molecule has 4 heteroatoms. The maximum Gasteiger partial charge on any atom is 0.116 e. The molecule has 3 rings (SSSR count). The van der Waals surface area contributed by atoms with E-state index in [1.807, 2.05) is 6.20 Å². The van der Waals surface area contributed by atoms with Crippen molar-refractivity contribution in [2.75, 3.05) is 5.88 Å². The average Bonchev–Trinajstić information content (AvgIpc) is 2.65. The van der Waals surface area contributed by atoms with Crippen LogP contribution in [-0.4, -0.2) is 21.6 Å². The van der Waals surface area contributed by atoms with E-state index in [0.717, 1.165) is 22.9 Å². The van der Waals surface area contributed by atoms with Gasteiger partial charge in [0.15, 0.2) is 0 Å². The number of thioether (sulfide) groups is 1. The number of aliphatic imine (C=N–C) groups is 1. The largest absolute Gasteiger partial charge is 0.277 e. The number of hydrogen-bond acceptors (Lipinski definition) is 4. The first-order valence-corrected chi connectivity index (χ1v) is 5.11. The second-order valence-corrected chi connectivity index (χ2v) is 3.89. The van der Waals surface area contributed by atoms with Gasteiger partial charge in [0.2, 0.25) is 0 Å². The van der Waals surface area contributed by atoms with Gasteiger partial charge < -0.3 is 0 Å². The topological polar surface area (TPSA) is 38.1 Å². The molecule has 0 unspecified atom stereocenters. The quantitative estimate of drug-likeness (QED) is 0.572. The van der Waals surface area contributed by atoms with E-state index >= 15 is 0 Å². The Labute approximate surface area is 79.3 Å². The first-order chi connectivity index (χ1) is 6.45. The van der Waals surface area contributed by atoms with Crippen molar-refractivity contribution in [2.24, 2.45) is 4.99 Å². The molecule has 0 saturated carbocycles. The van der Waals surface area contributed by atoms with Crippen LogP contribution in [0.5, 0.6) is 0 Å². The summed E-state index contributed by atoms with van der Waals surface area (Å²) in [6, 6.07) is 0. The van der Waals surface area contributed by atoms with Gasteiger partial charge in [-0.25, -0.2) is 9.97 Å². The standard InChI is InChI=1S/C9H7N3S/c1-2-8-9(13-5-12-8)6-3-10-4-11-7(1)6/h1,3-4H,2,5H2. The summed E-state index contributed by atoms with van der Waals surface area (Å²) in [6.07, 6.45) is 6.51. The fourth-order valence-electron chi connectivity index (χ4n) is 1.59. The lowest BCUT2D eigenvalue weighted by atomic mass is 10.1. The van der Waals surface area contributed by atoms with Crippen molar-refractivity contribution in [1.29, 1.82) is 0 Å². The highest BCUT2D eigenvalue weighted by molar-refractivity contribution is 8.09. The van der Waals surface area contributed by atoms with Gasteiger partial charge in [-0.1, -0.05) is 17.8 Å². The van der Waals surface area contributed by atoms with Crippen LogP contribution in [-0.2, 0) is 0 Å². The van der Waals surface area contributed by atoms with E-state index in [2.05, 4.69) is 21.0 Å². The highest BCUT2D eigenvalue weighted by Gasteiger charge is 2.17. The SMILES string of the molecule is C1=c2ncncc2=C2SCN=C2C1. The molecule has 2 aliphatic rings. The smallest absolute Gasteiger partial charge is 0.116 e. The van der Waals surface area contributed by atoms with Gasteiger partial charge in [0.25, 0.3) is 0 Å². The van der Waals surface area contributed by atoms with Crippen molar-refractivity contribution >= 4 is 28.5 Å². The molecule has 1 aliphatic heterocycles. The van der Waals surface area contributed by atoms with Crippen LogP contribution in [0.1, 0.15) is 6.42 Å². The number of aromatic nitrogens is 2. The van der Waals surface area contributed by atoms with Crippen molar-refractivity contribution in [2.45, 2.75) is 6.42 Å². The Kier molecular flexibility index (Phi) is 1.49. The maximum absolute atomic E-state index is 4.41. The zero-order valence-corrected chi connectivity index (χ0v) is 7.71. The van der Waals surface area contributed by atoms with Gasteiger partial charge in [-0.2, -0.15) is 0 Å². The van der Waals surface area contributed by atoms with Crippen molar-refractivity contribution in [1.82, 2.24) is 9.97 Å². The molecule has 13 heavy (non-hydrogen) atoms. The minimum Gasteiger partial charge on any atom is -0.277 e. The van der Waals surface area contributed by atoms with Crippen molar-refractivity contribution in [3.63, 3.8) is 0 Å². The predicted molar refractivity (Wildman–Crippen MR) is 53.7 cm³/mol. The predicted octanol–water partition coefficient (Wildman–Crippen LogP) is -0.0857. The van der Waals surface area contributed by atoms with E-state index in [4.69, 9.17) is 0 Å². The van der Waals surface area contributed by atoms with Gasteiger partial charge in [-0.3, -0.25) is 4.99 Å². The van der Waals surface area contributed by atoms with E-state index in [1.165, 1.54) is 10.6 Å². The zero-order valence-electron chi connectivity index (χ0n) is 6.90. The van der Waals surface area contributed by atoms with E-state index in [0.29, 0.717) is 0 Å². The van der Waals surface area contributed by atoms with Gasteiger partial charge in [-0.15, -0.1) is 0 Å². The Morgan fingerprint density at radius 2 is 2.38 bits per heavy atom. The van der Waals surface area contributed by atoms with Gasteiger partial charge in [0.1, 0.15) is 6.33 Å². The summed E-state index contributed by atoms with van der Waals surface area (Å²) in [5.74, 6) is 0.854. The van der Waals surface area contributed by atoms with Crippen LogP contribution in [0.4, 0.5) is 0 Å². The molecule has 0 atom stereocenters. The molecular weight excluding hydrogens is 182 g/mol. The molecule has 2 heterocycles. The number of hydrogen-bond donors (Lipinski definition) is 0. The van der Waals surface area contributed by atoms with Crippen molar-refractivity contribution in [3.05, 3.63) is 23.1 Å². The lowest BCUT2D eigenvalue weighted by Crippen LogP contribution is -2.34. The molecule has 0 radical (unpaired) electrons. The van der Waals surface area contributed by atoms with Gasteiger partial charge in [0.05, 0.1) is 16.9 Å². The molecule has 0 fully saturated rings. The zero-order chi connectivity index (χ0) is 8.67. The lowest BCUT2D eigenvalue weighted by molar-refractivity contribution is 1.09. The Bertz CT molecular complexity index is 504. The van der Waals surface area contributed by atoms with E-state index in [9.17, 15) is 0 Å². The first-order valence-electron chi connectivity index (χ1n) is 4.12. The van der Waals surface area contributed by atoms with E-state index in [1.54, 1.807) is 18.1 Å². The molecule has 0 N–H and O–H groups in total. The summed E-state index contributed by atoms with van der Waals surface area (Å²) >= 11 is 1.78. The van der Waals surface area contributed by atoms with Crippen LogP contribution in [0.25, 0.3) is 11.0 Å². The fourth-order valence-corrected chi connectivity index (χ4v) is 2.57. The monoisotopic (exact) mass is 189 g/mol. The van der Waals surface area contributed by atoms with E-state index < -0.39 is 0 Å². The normalized spacial score (nSPS) is 18.8. The van der Waals surface area contributed by atoms with Crippen LogP contribution in [0.3, 0.4) is 0 Å². The maximum atomic E-state index is 4.41. The third kappa shape index (κ3) is 1.02. The number of nitrogens with zero attached hydrogens (tertiary/aromatic N) is 3. The molecular formula is C9H7N3S. The summed E-state index contributed by atoms with van der Waals surface area (Å²) in [7, 11) is 0. The van der Waals surface area contributed by atoms with Gasteiger partial charge in [0, 0.05) is 22.7 Å². The van der Waals surface area contributed by atoms with Crippen LogP contribution >= 0.6 is 11.8 Å². The molecule has 0 spiro atoms. The Balaban J connectivity index is 2.46. The summed E-state index contributed by atoms with van der Waals surface area (Å²) < 4.78 is 0. The first kappa shape index (κ1) is 7.26. The Morgan fingerprint density at radius 3 is 3.38 bits per heavy atom. The Morgan fingerprint density at radius 1 is 1.38 bits per heavy atom. The molecule has 64 valence electrons. The molecule has 1 aromatic rings. The van der Waals surface area contributed by atoms with Crippen LogP contribution < -0.4 is 10.6 Å². The third-order valence-electron chi connectivity index (χ3n) is 2.20. The number of fused-ring (bicyclic) bond motifs is 2. The fraction of sp³-hybridized carbons (Fsp3) is 0.222. The molecule has 0 aromatic carbocycles. The average molecular weight is 189 g/mol. The number of rotatable bonds is 0. The van der Waals surface area contributed by atoms with E-state index in [-0.39, 0.29) is 0 Å². The second kappa shape index (κ2) is 2.67. The summed E-state index contributed by atoms with van der Waals surface area (Å²) in [5.41, 5.74) is 1.20. The van der Waals surface area contributed by atoms with Crippen LogP contribution in [0.2, 0.25) is 0 Å². The highest BCUT2D eigenvalue weighted by Crippen LogP contribution is 2.26. The molecule has 0 amide bonds. The van der Waals surface area contributed by atoms with Crippen molar-refractivity contribution < 1.29 is 0 Å². The third-order valence-corrected chi connectivity index (χ3v) is 3.21. The molecule has 0 saturated heterocycles. The van der Waals surface area contributed by atoms with Crippen LogP contribution in [0, 0.1) is 0 Å². The highest BCUT2D eigenvalue weighted by atomic mass is 32.2. The molecule has 1 aliphatic carbocycles. The Hall–Kier alpha value is -1.16. The minimum absolute atomic E-state index is 0.854. The summed E-state index contributed by atoms with van der Waals surface area (Å²) in [5, 5.41) is 2.20. The van der Waals surface area contributed by atoms with Gasteiger partial charge in [-0.05, 0) is 0 Å². The molecule has 3 nitrogen and oxygen atoms in total. The van der Waals surface area contributed by atoms with Crippen LogP contribution in [0.15, 0.2) is 17.5 Å². The second-order valence-electron chi connectivity index (χ2n) is 2.94. The lowest BCUT2D eigenvalue weighted by Gasteiger charge is -2.04. The molecule has 1 aromatic heterocycles. The molecule has 0 bridgehead atoms. The minimum atomic E-state index is 0.854.